The molecule has 0 radical (unpaired) electrons. The van der Waals surface area contributed by atoms with E-state index in [0.717, 1.165) is 18.4 Å². The number of aryl methyl sites for hydroxylation is 1. The molecular formula is C9H10ClN5O2S. The second-order valence-corrected chi connectivity index (χ2v) is 6.71. The number of hydrogen-bond donors (Lipinski definition) is 0. The topological polar surface area (TPSA) is 82.7 Å². The molecule has 1 aliphatic rings. The van der Waals surface area contributed by atoms with Crippen molar-refractivity contribution in [3.63, 3.8) is 0 Å². The van der Waals surface area contributed by atoms with Crippen LogP contribution >= 0.6 is 10.7 Å². The zero-order valence-electron chi connectivity index (χ0n) is 9.49. The van der Waals surface area contributed by atoms with Crippen LogP contribution in [0.4, 0.5) is 0 Å². The third-order valence-corrected chi connectivity index (χ3v) is 3.89. The first kappa shape index (κ1) is 11.7. The Kier molecular flexibility index (Phi) is 2.46. The second kappa shape index (κ2) is 3.79. The fourth-order valence-electron chi connectivity index (χ4n) is 1.84. The number of nitrogens with zero attached hydrogens (tertiary/aromatic N) is 5. The number of rotatable bonds is 3. The van der Waals surface area contributed by atoms with Crippen LogP contribution in [0.15, 0.2) is 17.6 Å². The third kappa shape index (κ3) is 1.91. The van der Waals surface area contributed by atoms with Gasteiger partial charge in [0.25, 0.3) is 14.2 Å². The molecule has 2 aromatic rings. The highest BCUT2D eigenvalue weighted by Crippen LogP contribution is 2.40. The summed E-state index contributed by atoms with van der Waals surface area (Å²) in [5.41, 5.74) is 0.725. The van der Waals surface area contributed by atoms with Crippen molar-refractivity contribution in [3.05, 3.63) is 12.4 Å². The lowest BCUT2D eigenvalue weighted by Gasteiger charge is -2.05. The lowest BCUT2D eigenvalue weighted by atomic mass is 10.3. The van der Waals surface area contributed by atoms with Gasteiger partial charge in [0.2, 0.25) is 0 Å². The van der Waals surface area contributed by atoms with Crippen molar-refractivity contribution in [3.8, 4) is 11.4 Å². The van der Waals surface area contributed by atoms with Gasteiger partial charge in [-0.25, -0.2) is 8.42 Å². The Morgan fingerprint density at radius 1 is 1.39 bits per heavy atom. The fourth-order valence-corrected chi connectivity index (χ4v) is 2.76. The predicted octanol–water partition coefficient (Wildman–Crippen LogP) is 0.941. The first-order valence-electron chi connectivity index (χ1n) is 5.35. The molecule has 2 aromatic heterocycles. The number of halogens is 1. The minimum Gasteiger partial charge on any atom is -0.294 e. The second-order valence-electron chi connectivity index (χ2n) is 4.25. The molecule has 0 N–H and O–H groups in total. The van der Waals surface area contributed by atoms with Crippen LogP contribution in [0.2, 0.25) is 0 Å². The van der Waals surface area contributed by atoms with E-state index in [-0.39, 0.29) is 11.2 Å². The maximum atomic E-state index is 11.5. The minimum absolute atomic E-state index is 0.110. The van der Waals surface area contributed by atoms with Crippen molar-refractivity contribution >= 4 is 19.7 Å². The van der Waals surface area contributed by atoms with E-state index in [9.17, 15) is 8.42 Å². The fraction of sp³-hybridized carbons (Fsp3) is 0.444. The largest absolute Gasteiger partial charge is 0.296 e. The molecule has 0 aliphatic heterocycles. The Hall–Kier alpha value is -1.41. The van der Waals surface area contributed by atoms with E-state index in [2.05, 4.69) is 15.3 Å². The highest BCUT2D eigenvalue weighted by molar-refractivity contribution is 8.13. The molecule has 0 aromatic carbocycles. The van der Waals surface area contributed by atoms with Gasteiger partial charge in [-0.3, -0.25) is 9.25 Å². The maximum Gasteiger partial charge on any atom is 0.296 e. The Bertz CT molecular complexity index is 700. The Morgan fingerprint density at radius 3 is 2.61 bits per heavy atom. The normalized spacial score (nSPS) is 16.1. The van der Waals surface area contributed by atoms with E-state index in [1.54, 1.807) is 28.7 Å². The van der Waals surface area contributed by atoms with Gasteiger partial charge in [0.15, 0.2) is 5.82 Å². The van der Waals surface area contributed by atoms with Crippen LogP contribution in [-0.2, 0) is 16.1 Å². The average molecular weight is 288 g/mol. The average Bonchev–Trinajstić information content (AvgIpc) is 2.85. The lowest BCUT2D eigenvalue weighted by molar-refractivity contribution is 0.579. The Balaban J connectivity index is 2.19. The monoisotopic (exact) mass is 287 g/mol. The molecule has 0 amide bonds. The number of hydrogen-bond acceptors (Lipinski definition) is 5. The van der Waals surface area contributed by atoms with E-state index < -0.39 is 9.05 Å². The molecule has 0 bridgehead atoms. The van der Waals surface area contributed by atoms with Crippen LogP contribution in [0.3, 0.4) is 0 Å². The molecule has 1 fully saturated rings. The molecule has 3 rings (SSSR count). The minimum atomic E-state index is -3.88. The molecule has 1 saturated carbocycles. The van der Waals surface area contributed by atoms with Crippen molar-refractivity contribution < 1.29 is 8.42 Å². The van der Waals surface area contributed by atoms with Crippen molar-refractivity contribution in [1.82, 2.24) is 24.5 Å². The van der Waals surface area contributed by atoms with E-state index in [4.69, 9.17) is 10.7 Å². The smallest absolute Gasteiger partial charge is 0.294 e. The standard InChI is InChI=1S/C9H10ClN5O2S/c1-14-5-6(4-11-14)8-12-13-9(18(10,16)17)15(8)7-2-3-7/h4-5,7H,2-3H2,1H3. The highest BCUT2D eigenvalue weighted by Gasteiger charge is 2.34. The first-order chi connectivity index (χ1) is 8.47. The van der Waals surface area contributed by atoms with Gasteiger partial charge in [-0.15, -0.1) is 10.2 Å². The molecule has 0 atom stereocenters. The number of aromatic nitrogens is 5. The van der Waals surface area contributed by atoms with E-state index in [0.29, 0.717) is 5.82 Å². The van der Waals surface area contributed by atoms with E-state index in [1.165, 1.54) is 0 Å². The van der Waals surface area contributed by atoms with Gasteiger partial charge in [-0.1, -0.05) is 0 Å². The van der Waals surface area contributed by atoms with Gasteiger partial charge in [-0.05, 0) is 12.8 Å². The quantitative estimate of drug-likeness (QED) is 0.785. The van der Waals surface area contributed by atoms with Crippen LogP contribution in [0.25, 0.3) is 11.4 Å². The third-order valence-electron chi connectivity index (χ3n) is 2.76. The van der Waals surface area contributed by atoms with E-state index in [1.807, 2.05) is 0 Å². The summed E-state index contributed by atoms with van der Waals surface area (Å²) in [4.78, 5) is 0. The summed E-state index contributed by atoms with van der Waals surface area (Å²) in [5, 5.41) is 11.5. The molecule has 96 valence electrons. The Labute approximate surface area is 108 Å². The first-order valence-corrected chi connectivity index (χ1v) is 7.66. The molecule has 2 heterocycles. The summed E-state index contributed by atoms with van der Waals surface area (Å²) in [6, 6.07) is 0.110. The summed E-state index contributed by atoms with van der Waals surface area (Å²) in [7, 11) is 3.26. The SMILES string of the molecule is Cn1cc(-c2nnc(S(=O)(=O)Cl)n2C2CC2)cn1. The molecule has 0 unspecified atom stereocenters. The molecule has 7 nitrogen and oxygen atoms in total. The molecule has 0 spiro atoms. The summed E-state index contributed by atoms with van der Waals surface area (Å²) in [5.74, 6) is 0.491. The molecule has 9 heteroatoms. The van der Waals surface area contributed by atoms with Crippen LogP contribution in [-0.4, -0.2) is 33.0 Å². The summed E-state index contributed by atoms with van der Waals surface area (Å²) >= 11 is 0. The van der Waals surface area contributed by atoms with Crippen molar-refractivity contribution in [2.75, 3.05) is 0 Å². The van der Waals surface area contributed by atoms with E-state index >= 15 is 0 Å². The Morgan fingerprint density at radius 2 is 2.11 bits per heavy atom. The summed E-state index contributed by atoms with van der Waals surface area (Å²) in [6.07, 6.45) is 5.19. The molecule has 18 heavy (non-hydrogen) atoms. The lowest BCUT2D eigenvalue weighted by Crippen LogP contribution is -2.06. The van der Waals surface area contributed by atoms with Gasteiger partial charge >= 0.3 is 0 Å². The van der Waals surface area contributed by atoms with Gasteiger partial charge in [-0.2, -0.15) is 5.10 Å². The molecule has 1 aliphatic carbocycles. The van der Waals surface area contributed by atoms with Crippen LogP contribution < -0.4 is 0 Å². The van der Waals surface area contributed by atoms with Crippen LogP contribution in [0.5, 0.6) is 0 Å². The van der Waals surface area contributed by atoms with Crippen molar-refractivity contribution in [2.45, 2.75) is 24.0 Å². The van der Waals surface area contributed by atoms with Gasteiger partial charge in [0.05, 0.1) is 11.8 Å². The van der Waals surface area contributed by atoms with Crippen molar-refractivity contribution in [2.24, 2.45) is 7.05 Å². The maximum absolute atomic E-state index is 11.5. The highest BCUT2D eigenvalue weighted by atomic mass is 35.7. The van der Waals surface area contributed by atoms with Crippen LogP contribution in [0, 0.1) is 0 Å². The molecular weight excluding hydrogens is 278 g/mol. The van der Waals surface area contributed by atoms with Crippen LogP contribution in [0.1, 0.15) is 18.9 Å². The van der Waals surface area contributed by atoms with Gasteiger partial charge < -0.3 is 0 Å². The molecule has 0 saturated heterocycles. The van der Waals surface area contributed by atoms with Gasteiger partial charge in [0.1, 0.15) is 0 Å². The zero-order chi connectivity index (χ0) is 12.9. The predicted molar refractivity (Wildman–Crippen MR) is 63.5 cm³/mol. The zero-order valence-corrected chi connectivity index (χ0v) is 11.1. The summed E-state index contributed by atoms with van der Waals surface area (Å²) in [6.45, 7) is 0. The van der Waals surface area contributed by atoms with Crippen molar-refractivity contribution in [1.29, 1.82) is 0 Å². The summed E-state index contributed by atoms with van der Waals surface area (Å²) < 4.78 is 26.1. The van der Waals surface area contributed by atoms with Gasteiger partial charge in [0, 0.05) is 30.0 Å².